The average molecular weight is 609 g/mol. The van der Waals surface area contributed by atoms with Gasteiger partial charge in [-0.2, -0.15) is 5.48 Å². The van der Waals surface area contributed by atoms with Gasteiger partial charge in [-0.05, 0) is 83.0 Å². The number of hydrogen-bond acceptors (Lipinski definition) is 7. The van der Waals surface area contributed by atoms with Gasteiger partial charge in [0.25, 0.3) is 0 Å². The highest BCUT2D eigenvalue weighted by Gasteiger charge is 2.37. The Labute approximate surface area is 257 Å². The van der Waals surface area contributed by atoms with E-state index in [2.05, 4.69) is 24.6 Å². The number of carboxylic acids is 2. The molecule has 0 heterocycles. The third-order valence-electron chi connectivity index (χ3n) is 10.3. The molecule has 10 nitrogen and oxygen atoms in total. The molecule has 4 saturated carbocycles. The zero-order valence-corrected chi connectivity index (χ0v) is 26.4. The zero-order valence-electron chi connectivity index (χ0n) is 26.4. The summed E-state index contributed by atoms with van der Waals surface area (Å²) < 4.78 is 12.6. The number of nitrogens with one attached hydrogen (secondary N) is 2. The van der Waals surface area contributed by atoms with Crippen molar-refractivity contribution in [2.45, 2.75) is 141 Å². The predicted molar refractivity (Wildman–Crippen MR) is 161 cm³/mol. The van der Waals surface area contributed by atoms with Crippen LogP contribution in [0.5, 0.6) is 0 Å². The third-order valence-corrected chi connectivity index (χ3v) is 10.3. The van der Waals surface area contributed by atoms with E-state index in [1.807, 2.05) is 0 Å². The molecule has 4 aliphatic carbocycles. The summed E-state index contributed by atoms with van der Waals surface area (Å²) in [7, 11) is 0. The lowest BCUT2D eigenvalue weighted by Crippen LogP contribution is -2.46. The maximum atomic E-state index is 12.8. The number of rotatable bonds is 14. The summed E-state index contributed by atoms with van der Waals surface area (Å²) in [5, 5.41) is 22.1. The molecule has 0 aromatic carbocycles. The summed E-state index contributed by atoms with van der Waals surface area (Å²) in [4.78, 5) is 41.7. The maximum Gasteiger partial charge on any atom is 0.307 e. The van der Waals surface area contributed by atoms with E-state index in [1.54, 1.807) is 0 Å². The monoisotopic (exact) mass is 608 g/mol. The number of aliphatic carboxylic acids is 2. The van der Waals surface area contributed by atoms with Crippen LogP contribution in [0.2, 0.25) is 0 Å². The number of carbonyl (C=O) groups excluding carboxylic acids is 1. The number of hydrogen-bond donors (Lipinski definition) is 4. The highest BCUT2D eigenvalue weighted by atomic mass is 16.6. The minimum Gasteiger partial charge on any atom is -0.481 e. The van der Waals surface area contributed by atoms with Crippen LogP contribution in [0, 0.1) is 29.1 Å². The number of carbonyl (C=O) groups is 3. The molecule has 10 heteroatoms. The van der Waals surface area contributed by atoms with Crippen molar-refractivity contribution in [3.05, 3.63) is 0 Å². The van der Waals surface area contributed by atoms with Gasteiger partial charge in [0.05, 0.1) is 49.8 Å². The Morgan fingerprint density at radius 3 is 1.70 bits per heavy atom. The fraction of sp³-hybridized carbons (Fsp3) is 0.909. The lowest BCUT2D eigenvalue weighted by atomic mass is 9.78. The minimum absolute atomic E-state index is 0.0829. The van der Waals surface area contributed by atoms with E-state index < -0.39 is 23.8 Å². The van der Waals surface area contributed by atoms with Gasteiger partial charge < -0.3 is 29.8 Å². The molecule has 0 aromatic heterocycles. The van der Waals surface area contributed by atoms with Crippen molar-refractivity contribution >= 4 is 17.8 Å². The van der Waals surface area contributed by atoms with Crippen LogP contribution < -0.4 is 10.8 Å². The van der Waals surface area contributed by atoms with E-state index in [0.717, 1.165) is 89.9 Å². The first-order valence-electron chi connectivity index (χ1n) is 17.0. The minimum atomic E-state index is -0.846. The largest absolute Gasteiger partial charge is 0.481 e. The summed E-state index contributed by atoms with van der Waals surface area (Å²) in [6.45, 7) is 6.09. The van der Waals surface area contributed by atoms with Crippen LogP contribution >= 0.6 is 0 Å². The van der Waals surface area contributed by atoms with Crippen molar-refractivity contribution in [2.75, 3.05) is 19.8 Å². The van der Waals surface area contributed by atoms with E-state index in [1.165, 1.54) is 0 Å². The van der Waals surface area contributed by atoms with Crippen molar-refractivity contribution < 1.29 is 38.9 Å². The molecule has 4 unspecified atom stereocenters. The Balaban J connectivity index is 1.06. The molecule has 0 bridgehead atoms. The van der Waals surface area contributed by atoms with Crippen molar-refractivity contribution in [3.8, 4) is 0 Å². The SMILES string of the molecule is CC(C)(COC1CCC(NOCC2CCCCC2C(=O)O)CC1)COC1CCC(NC(=O)C2CCCCC2C(=O)O)CC1. The van der Waals surface area contributed by atoms with E-state index in [9.17, 15) is 24.6 Å². The van der Waals surface area contributed by atoms with E-state index in [4.69, 9.17) is 14.3 Å². The molecule has 4 rings (SSSR count). The Kier molecular flexibility index (Phi) is 13.1. The molecular formula is C33H56N2O8. The smallest absolute Gasteiger partial charge is 0.307 e. The van der Waals surface area contributed by atoms with Gasteiger partial charge in [0, 0.05) is 17.5 Å². The Morgan fingerprint density at radius 1 is 0.651 bits per heavy atom. The van der Waals surface area contributed by atoms with Gasteiger partial charge in [-0.1, -0.05) is 39.5 Å². The molecule has 0 aliphatic heterocycles. The number of ether oxygens (including phenoxy) is 2. The summed E-state index contributed by atoms with van der Waals surface area (Å²) in [6, 6.07) is 0.383. The van der Waals surface area contributed by atoms with Gasteiger partial charge in [-0.15, -0.1) is 0 Å². The van der Waals surface area contributed by atoms with Gasteiger partial charge in [0.1, 0.15) is 0 Å². The average Bonchev–Trinajstić information content (AvgIpc) is 3.00. The standard InChI is InChI=1S/C33H56N2O8/c1-33(2,20-41-25-15-11-23(12-16-25)34-30(36)28-9-5-6-10-29(28)32(39)40)21-42-26-17-13-24(14-18-26)35-43-19-22-7-3-4-8-27(22)31(37)38/h22-29,35H,3-21H2,1-2H3,(H,34,36)(H,37,38)(H,39,40). The second kappa shape index (κ2) is 16.5. The zero-order chi connectivity index (χ0) is 30.8. The molecule has 246 valence electrons. The fourth-order valence-electron chi connectivity index (χ4n) is 7.50. The molecule has 4 N–H and O–H groups in total. The van der Waals surface area contributed by atoms with Gasteiger partial charge in [0.2, 0.25) is 5.91 Å². The Hall–Kier alpha value is -1.75. The molecule has 0 spiro atoms. The number of amides is 1. The molecule has 0 aromatic rings. The third kappa shape index (κ3) is 10.7. The molecule has 4 fully saturated rings. The van der Waals surface area contributed by atoms with Crippen molar-refractivity contribution in [1.82, 2.24) is 10.8 Å². The van der Waals surface area contributed by atoms with Gasteiger partial charge in [-0.3, -0.25) is 14.4 Å². The van der Waals surface area contributed by atoms with E-state index in [-0.39, 0.29) is 47.4 Å². The van der Waals surface area contributed by atoms with Gasteiger partial charge >= 0.3 is 11.9 Å². The van der Waals surface area contributed by atoms with Crippen LogP contribution in [0.1, 0.15) is 117 Å². The number of hydroxylamine groups is 1. The Morgan fingerprint density at radius 2 is 1.14 bits per heavy atom. The van der Waals surface area contributed by atoms with E-state index >= 15 is 0 Å². The second-order valence-electron chi connectivity index (χ2n) is 14.5. The van der Waals surface area contributed by atoms with Crippen LogP contribution in [0.15, 0.2) is 0 Å². The molecule has 0 saturated heterocycles. The maximum absolute atomic E-state index is 12.8. The molecule has 1 amide bonds. The quantitative estimate of drug-likeness (QED) is 0.198. The molecule has 43 heavy (non-hydrogen) atoms. The van der Waals surface area contributed by atoms with Crippen LogP contribution in [0.4, 0.5) is 0 Å². The normalized spacial score (nSPS) is 33.9. The molecule has 0 radical (unpaired) electrons. The van der Waals surface area contributed by atoms with Crippen LogP contribution in [0.3, 0.4) is 0 Å². The van der Waals surface area contributed by atoms with Crippen LogP contribution in [-0.4, -0.2) is 72.2 Å². The van der Waals surface area contributed by atoms with Crippen molar-refractivity contribution in [3.63, 3.8) is 0 Å². The van der Waals surface area contributed by atoms with E-state index in [0.29, 0.717) is 32.7 Å². The lowest BCUT2D eigenvalue weighted by Gasteiger charge is -2.35. The second-order valence-corrected chi connectivity index (χ2v) is 14.5. The molecular weight excluding hydrogens is 552 g/mol. The highest BCUT2D eigenvalue weighted by molar-refractivity contribution is 5.85. The highest BCUT2D eigenvalue weighted by Crippen LogP contribution is 2.33. The molecule has 4 atom stereocenters. The fourth-order valence-corrected chi connectivity index (χ4v) is 7.50. The van der Waals surface area contributed by atoms with Gasteiger partial charge in [0.15, 0.2) is 0 Å². The molecule has 4 aliphatic rings. The first-order chi connectivity index (χ1) is 20.6. The first-order valence-corrected chi connectivity index (χ1v) is 17.0. The van der Waals surface area contributed by atoms with Gasteiger partial charge in [-0.25, -0.2) is 0 Å². The van der Waals surface area contributed by atoms with Crippen LogP contribution in [0.25, 0.3) is 0 Å². The lowest BCUT2D eigenvalue weighted by molar-refractivity contribution is -0.149. The van der Waals surface area contributed by atoms with Crippen molar-refractivity contribution in [1.29, 1.82) is 0 Å². The number of carboxylic acid groups (broad SMARTS) is 2. The topological polar surface area (TPSA) is 143 Å². The summed E-state index contributed by atoms with van der Waals surface area (Å²) in [6.07, 6.45) is 14.7. The van der Waals surface area contributed by atoms with Crippen LogP contribution in [-0.2, 0) is 28.7 Å². The summed E-state index contributed by atoms with van der Waals surface area (Å²) >= 11 is 0. The predicted octanol–water partition coefficient (Wildman–Crippen LogP) is 5.09. The summed E-state index contributed by atoms with van der Waals surface area (Å²) in [5.41, 5.74) is 3.10. The van der Waals surface area contributed by atoms with Crippen molar-refractivity contribution in [2.24, 2.45) is 29.1 Å². The summed E-state index contributed by atoms with van der Waals surface area (Å²) in [5.74, 6) is -2.76. The Bertz CT molecular complexity index is 897. The first kappa shape index (κ1) is 34.1.